The summed E-state index contributed by atoms with van der Waals surface area (Å²) >= 11 is 0. The summed E-state index contributed by atoms with van der Waals surface area (Å²) in [6.07, 6.45) is 3.19. The van der Waals surface area contributed by atoms with Crippen molar-refractivity contribution in [2.24, 2.45) is 11.8 Å². The second-order valence-corrected chi connectivity index (χ2v) is 11.2. The van der Waals surface area contributed by atoms with E-state index in [1.54, 1.807) is 41.5 Å². The van der Waals surface area contributed by atoms with Crippen molar-refractivity contribution >= 4 is 24.1 Å². The Bertz CT molecular complexity index is 809. The molecule has 3 amide bonds. The molecule has 1 heterocycles. The number of rotatable bonds is 6. The number of carboxylic acid groups (broad SMARTS) is 1. The average Bonchev–Trinajstić information content (AvgIpc) is 2.96. The molecule has 2 atom stereocenters. The van der Waals surface area contributed by atoms with Gasteiger partial charge in [-0.1, -0.05) is 23.3 Å². The van der Waals surface area contributed by atoms with Gasteiger partial charge in [-0.3, -0.25) is 9.59 Å². The van der Waals surface area contributed by atoms with Crippen molar-refractivity contribution in [2.45, 2.75) is 93.3 Å². The number of carboxylic acids is 1. The molecule has 0 radical (unpaired) electrons. The molecule has 0 aliphatic carbocycles. The highest BCUT2D eigenvalue weighted by Gasteiger charge is 2.35. The Kier molecular flexibility index (Phi) is 12.8. The predicted octanol–water partition coefficient (Wildman–Crippen LogP) is 5.30. The lowest BCUT2D eigenvalue weighted by atomic mass is 10.0. The van der Waals surface area contributed by atoms with Crippen molar-refractivity contribution < 1.29 is 33.8 Å². The first-order chi connectivity index (χ1) is 15.8. The van der Waals surface area contributed by atoms with Gasteiger partial charge in [0.1, 0.15) is 11.2 Å². The molecule has 1 aliphatic heterocycles. The summed E-state index contributed by atoms with van der Waals surface area (Å²) in [4.78, 5) is 46.8. The minimum atomic E-state index is -0.886. The van der Waals surface area contributed by atoms with Crippen LogP contribution in [0.3, 0.4) is 0 Å². The Hall–Kier alpha value is -2.84. The second-order valence-electron chi connectivity index (χ2n) is 11.2. The van der Waals surface area contributed by atoms with Crippen molar-refractivity contribution in [1.29, 1.82) is 0 Å². The van der Waals surface area contributed by atoms with E-state index < -0.39 is 29.4 Å². The number of hydrogen-bond acceptors (Lipinski definition) is 6. The van der Waals surface area contributed by atoms with Crippen LogP contribution < -0.4 is 5.32 Å². The third-order valence-electron chi connectivity index (χ3n) is 4.25. The van der Waals surface area contributed by atoms with Gasteiger partial charge in [0, 0.05) is 31.3 Å². The maximum absolute atomic E-state index is 11.8. The van der Waals surface area contributed by atoms with Gasteiger partial charge in [0.05, 0.1) is 6.42 Å². The minimum Gasteiger partial charge on any atom is -0.481 e. The number of ether oxygens (including phenoxy) is 2. The van der Waals surface area contributed by atoms with Gasteiger partial charge in [-0.25, -0.2) is 14.5 Å². The van der Waals surface area contributed by atoms with Gasteiger partial charge in [-0.05, 0) is 69.2 Å². The highest BCUT2D eigenvalue weighted by Crippen LogP contribution is 2.22. The lowest BCUT2D eigenvalue weighted by molar-refractivity contribution is -0.137. The van der Waals surface area contributed by atoms with Crippen molar-refractivity contribution in [3.63, 3.8) is 0 Å². The summed E-state index contributed by atoms with van der Waals surface area (Å²) < 4.78 is 10.3. The molecule has 0 aromatic carbocycles. The summed E-state index contributed by atoms with van der Waals surface area (Å²) in [5, 5.41) is 11.4. The third kappa shape index (κ3) is 16.4. The fourth-order valence-corrected chi connectivity index (χ4v) is 3.23. The second kappa shape index (κ2) is 13.9. The van der Waals surface area contributed by atoms with Crippen molar-refractivity contribution in [1.82, 2.24) is 10.2 Å². The summed E-state index contributed by atoms with van der Waals surface area (Å²) in [6.45, 7) is 19.1. The smallest absolute Gasteiger partial charge is 0.417 e. The van der Waals surface area contributed by atoms with Crippen molar-refractivity contribution in [3.8, 4) is 0 Å². The molecule has 200 valence electrons. The van der Waals surface area contributed by atoms with Crippen LogP contribution >= 0.6 is 0 Å². The molecule has 9 heteroatoms. The fourth-order valence-electron chi connectivity index (χ4n) is 3.23. The molecule has 0 spiro atoms. The highest BCUT2D eigenvalue weighted by molar-refractivity contribution is 5.94. The van der Waals surface area contributed by atoms with Gasteiger partial charge in [0.15, 0.2) is 0 Å². The molecule has 0 aromatic heterocycles. The number of imide groups is 1. The Morgan fingerprint density at radius 1 is 1.03 bits per heavy atom. The van der Waals surface area contributed by atoms with Gasteiger partial charge >= 0.3 is 18.2 Å². The standard InChI is InChI=1S/C13H23NO4.C13H21NO3/c1-9(2)6-10(7-11(15)16)8-14-12(17)18-13(3,4)5;1-9(2)6-10-7-11(15)14(8-10)12(16)17-13(3,4)5/h6,10H,7-8H2,1-5H3,(H,14,17)(H,15,16);6,10H,7-8H2,1-5H3/t2*10-/m00/s1. The van der Waals surface area contributed by atoms with Crippen LogP contribution in [0, 0.1) is 11.8 Å². The van der Waals surface area contributed by atoms with Gasteiger partial charge in [-0.15, -0.1) is 0 Å². The van der Waals surface area contributed by atoms with Gasteiger partial charge in [0.25, 0.3) is 0 Å². The molecule has 1 rings (SSSR count). The van der Waals surface area contributed by atoms with E-state index in [2.05, 4.69) is 5.32 Å². The summed E-state index contributed by atoms with van der Waals surface area (Å²) in [6, 6.07) is 0. The zero-order chi connectivity index (χ0) is 27.6. The Morgan fingerprint density at radius 3 is 2.00 bits per heavy atom. The number of carbonyl (C=O) groups excluding carboxylic acids is 3. The van der Waals surface area contributed by atoms with E-state index in [0.29, 0.717) is 13.0 Å². The number of likely N-dealkylation sites (tertiary alicyclic amines) is 1. The minimum absolute atomic E-state index is 0.0129. The molecule has 0 saturated carbocycles. The SMILES string of the molecule is CC(C)=C[C@H](CNC(=O)OC(C)(C)C)CC(=O)O.CC(C)=C[C@H]1CC(=O)N(C(=O)OC(C)(C)C)C1. The number of nitrogens with zero attached hydrogens (tertiary/aromatic N) is 1. The maximum atomic E-state index is 11.8. The first-order valence-corrected chi connectivity index (χ1v) is 11.8. The summed E-state index contributed by atoms with van der Waals surface area (Å²) in [5.74, 6) is -1.13. The van der Waals surface area contributed by atoms with Crippen LogP contribution in [-0.2, 0) is 19.1 Å². The lowest BCUT2D eigenvalue weighted by Gasteiger charge is -2.23. The van der Waals surface area contributed by atoms with Crippen molar-refractivity contribution in [3.05, 3.63) is 23.3 Å². The van der Waals surface area contributed by atoms with Gasteiger partial charge in [0.2, 0.25) is 5.91 Å². The van der Waals surface area contributed by atoms with E-state index in [0.717, 1.165) is 11.1 Å². The number of carbonyl (C=O) groups is 4. The van der Waals surface area contributed by atoms with Crippen LogP contribution in [0.25, 0.3) is 0 Å². The third-order valence-corrected chi connectivity index (χ3v) is 4.25. The molecule has 2 N–H and O–H groups in total. The zero-order valence-electron chi connectivity index (χ0n) is 23.0. The highest BCUT2D eigenvalue weighted by atomic mass is 16.6. The molecule has 35 heavy (non-hydrogen) atoms. The van der Waals surface area contributed by atoms with E-state index in [9.17, 15) is 19.2 Å². The Labute approximate surface area is 209 Å². The van der Waals surface area contributed by atoms with Crippen LogP contribution in [0.5, 0.6) is 0 Å². The van der Waals surface area contributed by atoms with Crippen LogP contribution in [0.2, 0.25) is 0 Å². The molecule has 9 nitrogen and oxygen atoms in total. The number of nitrogens with one attached hydrogen (secondary N) is 1. The number of hydrogen-bond donors (Lipinski definition) is 2. The summed E-state index contributed by atoms with van der Waals surface area (Å²) in [7, 11) is 0. The Morgan fingerprint density at radius 2 is 1.57 bits per heavy atom. The number of allylic oxidation sites excluding steroid dienone is 2. The lowest BCUT2D eigenvalue weighted by Crippen LogP contribution is -2.37. The first-order valence-electron chi connectivity index (χ1n) is 11.8. The van der Waals surface area contributed by atoms with E-state index in [1.807, 2.05) is 39.8 Å². The number of aliphatic carboxylic acids is 1. The normalized spacial score (nSPS) is 16.3. The molecule has 1 aliphatic rings. The molecular weight excluding hydrogens is 452 g/mol. The monoisotopic (exact) mass is 496 g/mol. The summed E-state index contributed by atoms with van der Waals surface area (Å²) in [5.41, 5.74) is 1.07. The molecular formula is C26H44N2O7. The van der Waals surface area contributed by atoms with Crippen LogP contribution in [0.1, 0.15) is 82.1 Å². The molecule has 1 saturated heterocycles. The molecule has 0 aromatic rings. The topological polar surface area (TPSA) is 122 Å². The van der Waals surface area contributed by atoms with Crippen LogP contribution in [-0.4, -0.2) is 58.4 Å². The predicted molar refractivity (Wildman–Crippen MR) is 135 cm³/mol. The van der Waals surface area contributed by atoms with E-state index in [1.165, 1.54) is 4.90 Å². The molecule has 1 fully saturated rings. The maximum Gasteiger partial charge on any atom is 0.417 e. The van der Waals surface area contributed by atoms with Gasteiger partial charge < -0.3 is 19.9 Å². The van der Waals surface area contributed by atoms with Crippen molar-refractivity contribution in [2.75, 3.05) is 13.1 Å². The Balaban J connectivity index is 0.000000661. The van der Waals surface area contributed by atoms with Crippen LogP contribution in [0.4, 0.5) is 9.59 Å². The first kappa shape index (κ1) is 32.2. The molecule has 0 unspecified atom stereocenters. The quantitative estimate of drug-likeness (QED) is 0.478. The number of alkyl carbamates (subject to hydrolysis) is 1. The number of amides is 3. The van der Waals surface area contributed by atoms with E-state index in [4.69, 9.17) is 14.6 Å². The molecule has 0 bridgehead atoms. The average molecular weight is 497 g/mol. The van der Waals surface area contributed by atoms with E-state index in [-0.39, 0.29) is 30.7 Å². The van der Waals surface area contributed by atoms with Crippen LogP contribution in [0.15, 0.2) is 23.3 Å². The largest absolute Gasteiger partial charge is 0.481 e. The van der Waals surface area contributed by atoms with E-state index >= 15 is 0 Å². The zero-order valence-corrected chi connectivity index (χ0v) is 23.0. The fraction of sp³-hybridized carbons (Fsp3) is 0.692. The van der Waals surface area contributed by atoms with Gasteiger partial charge in [-0.2, -0.15) is 0 Å².